The van der Waals surface area contributed by atoms with Gasteiger partial charge in [-0.1, -0.05) is 0 Å². The molecule has 1 aromatic heterocycles. The van der Waals surface area contributed by atoms with E-state index >= 15 is 0 Å². The second-order valence-electron chi connectivity index (χ2n) is 4.60. The molecule has 0 saturated carbocycles. The van der Waals surface area contributed by atoms with E-state index in [9.17, 15) is 9.59 Å². The normalized spacial score (nSPS) is 16.2. The molecular formula is C13H17IN2O3S. The minimum Gasteiger partial charge on any atom is -0.469 e. The largest absolute Gasteiger partial charge is 0.469 e. The van der Waals surface area contributed by atoms with Crippen LogP contribution in [0.5, 0.6) is 0 Å². The summed E-state index contributed by atoms with van der Waals surface area (Å²) in [5, 5.41) is 1.91. The smallest absolute Gasteiger partial charge is 0.306 e. The van der Waals surface area contributed by atoms with Crippen LogP contribution in [0.4, 0.5) is 0 Å². The zero-order valence-corrected chi connectivity index (χ0v) is 14.3. The van der Waals surface area contributed by atoms with Crippen molar-refractivity contribution in [1.29, 1.82) is 0 Å². The first kappa shape index (κ1) is 15.7. The molecule has 0 unspecified atom stereocenters. The fraction of sp³-hybridized carbons (Fsp3) is 0.538. The molecular weight excluding hydrogens is 391 g/mol. The van der Waals surface area contributed by atoms with Gasteiger partial charge in [0.2, 0.25) is 0 Å². The van der Waals surface area contributed by atoms with Crippen LogP contribution in [0, 0.1) is 2.88 Å². The third-order valence-electron chi connectivity index (χ3n) is 3.33. The zero-order valence-electron chi connectivity index (χ0n) is 11.3. The van der Waals surface area contributed by atoms with Crippen LogP contribution in [-0.2, 0) is 9.53 Å². The summed E-state index contributed by atoms with van der Waals surface area (Å²) in [5.74, 6) is -0.0758. The molecule has 1 aliphatic heterocycles. The van der Waals surface area contributed by atoms with Gasteiger partial charge < -0.3 is 9.64 Å². The predicted octanol–water partition coefficient (Wildman–Crippen LogP) is 1.67. The molecule has 7 heteroatoms. The topological polar surface area (TPSA) is 49.9 Å². The van der Waals surface area contributed by atoms with E-state index in [0.717, 1.165) is 21.5 Å². The fourth-order valence-corrected chi connectivity index (χ4v) is 3.45. The Morgan fingerprint density at radius 1 is 1.35 bits per heavy atom. The van der Waals surface area contributed by atoms with Crippen LogP contribution in [0.3, 0.4) is 0 Å². The lowest BCUT2D eigenvalue weighted by molar-refractivity contribution is -0.141. The number of nitrogens with zero attached hydrogens (tertiary/aromatic N) is 2. The number of amides is 1. The maximum atomic E-state index is 12.3. The van der Waals surface area contributed by atoms with E-state index in [-0.39, 0.29) is 11.9 Å². The molecule has 1 aliphatic rings. The first-order valence-corrected chi connectivity index (χ1v) is 8.38. The lowest BCUT2D eigenvalue weighted by atomic mass is 10.2. The summed E-state index contributed by atoms with van der Waals surface area (Å²) in [4.78, 5) is 27.4. The molecule has 0 radical (unpaired) electrons. The Balaban J connectivity index is 1.79. The monoisotopic (exact) mass is 408 g/mol. The van der Waals surface area contributed by atoms with Crippen LogP contribution in [0.2, 0.25) is 0 Å². The van der Waals surface area contributed by atoms with Crippen LogP contribution >= 0.6 is 33.9 Å². The number of ether oxygens (including phenoxy) is 1. The number of halogens is 1. The third-order valence-corrected chi connectivity index (χ3v) is 5.12. The Morgan fingerprint density at radius 2 is 2.05 bits per heavy atom. The van der Waals surface area contributed by atoms with Gasteiger partial charge in [-0.3, -0.25) is 14.5 Å². The molecule has 0 spiro atoms. The molecule has 0 aliphatic carbocycles. The van der Waals surface area contributed by atoms with Crippen molar-refractivity contribution in [3.63, 3.8) is 0 Å². The van der Waals surface area contributed by atoms with Gasteiger partial charge in [0, 0.05) is 38.1 Å². The average molecular weight is 408 g/mol. The molecule has 0 atom stereocenters. The summed E-state index contributed by atoms with van der Waals surface area (Å²) in [6.45, 7) is 3.75. The van der Waals surface area contributed by atoms with Crippen molar-refractivity contribution in [2.24, 2.45) is 0 Å². The van der Waals surface area contributed by atoms with Crippen LogP contribution in [0.1, 0.15) is 16.8 Å². The van der Waals surface area contributed by atoms with Crippen molar-refractivity contribution in [3.8, 4) is 0 Å². The second kappa shape index (κ2) is 7.37. The Labute approximate surface area is 136 Å². The number of hydrogen-bond acceptors (Lipinski definition) is 5. The predicted molar refractivity (Wildman–Crippen MR) is 86.0 cm³/mol. The number of carbonyl (C=O) groups is 2. The highest BCUT2D eigenvalue weighted by Gasteiger charge is 2.22. The highest BCUT2D eigenvalue weighted by atomic mass is 127. The SMILES string of the molecule is COC(=O)CCN1CCN(C(=O)c2csc(I)c2)CC1. The summed E-state index contributed by atoms with van der Waals surface area (Å²) in [5.41, 5.74) is 0.780. The number of hydrogen-bond donors (Lipinski definition) is 0. The molecule has 5 nitrogen and oxygen atoms in total. The zero-order chi connectivity index (χ0) is 14.5. The molecule has 0 aromatic carbocycles. The van der Waals surface area contributed by atoms with Crippen LogP contribution < -0.4 is 0 Å². The summed E-state index contributed by atoms with van der Waals surface area (Å²) in [7, 11) is 1.40. The Morgan fingerprint density at radius 3 is 2.60 bits per heavy atom. The van der Waals surface area contributed by atoms with E-state index in [0.29, 0.717) is 26.1 Å². The quantitative estimate of drug-likeness (QED) is 0.562. The molecule has 1 fully saturated rings. The van der Waals surface area contributed by atoms with E-state index in [1.54, 1.807) is 11.3 Å². The van der Waals surface area contributed by atoms with E-state index < -0.39 is 0 Å². The molecule has 1 saturated heterocycles. The van der Waals surface area contributed by atoms with Crippen LogP contribution in [-0.4, -0.2) is 61.5 Å². The summed E-state index contributed by atoms with van der Waals surface area (Å²) in [6.07, 6.45) is 0.410. The number of rotatable bonds is 4. The fourth-order valence-electron chi connectivity index (χ4n) is 2.13. The lowest BCUT2D eigenvalue weighted by Crippen LogP contribution is -2.49. The summed E-state index contributed by atoms with van der Waals surface area (Å²) in [6, 6.07) is 1.93. The van der Waals surface area contributed by atoms with E-state index in [1.165, 1.54) is 7.11 Å². The Hall–Kier alpha value is -0.670. The second-order valence-corrected chi connectivity index (χ2v) is 7.40. The van der Waals surface area contributed by atoms with Gasteiger partial charge in [0.25, 0.3) is 5.91 Å². The molecule has 2 rings (SSSR count). The van der Waals surface area contributed by atoms with Crippen molar-refractivity contribution in [1.82, 2.24) is 9.80 Å². The molecule has 20 heavy (non-hydrogen) atoms. The van der Waals surface area contributed by atoms with Gasteiger partial charge in [-0.25, -0.2) is 0 Å². The van der Waals surface area contributed by atoms with Crippen molar-refractivity contribution < 1.29 is 14.3 Å². The standard InChI is InChI=1S/C13H17IN2O3S/c1-19-12(17)2-3-15-4-6-16(7-5-15)13(18)10-8-11(14)20-9-10/h8-9H,2-7H2,1H3. The average Bonchev–Trinajstić information content (AvgIpc) is 2.91. The van der Waals surface area contributed by atoms with E-state index in [4.69, 9.17) is 0 Å². The van der Waals surface area contributed by atoms with E-state index in [1.807, 2.05) is 16.3 Å². The molecule has 1 amide bonds. The maximum absolute atomic E-state index is 12.3. The molecule has 1 aromatic rings. The number of methoxy groups -OCH3 is 1. The van der Waals surface area contributed by atoms with Gasteiger partial charge in [-0.15, -0.1) is 11.3 Å². The minimum absolute atomic E-state index is 0.108. The summed E-state index contributed by atoms with van der Waals surface area (Å²) >= 11 is 3.81. The van der Waals surface area contributed by atoms with Gasteiger partial charge in [0.1, 0.15) is 0 Å². The van der Waals surface area contributed by atoms with Gasteiger partial charge in [-0.2, -0.15) is 0 Å². The Bertz CT molecular complexity index is 484. The highest BCUT2D eigenvalue weighted by molar-refractivity contribution is 14.1. The van der Waals surface area contributed by atoms with Crippen molar-refractivity contribution in [2.75, 3.05) is 39.8 Å². The first-order valence-electron chi connectivity index (χ1n) is 6.42. The molecule has 0 bridgehead atoms. The van der Waals surface area contributed by atoms with Gasteiger partial charge in [-0.05, 0) is 28.7 Å². The molecule has 0 N–H and O–H groups in total. The Kier molecular flexibility index (Phi) is 5.79. The minimum atomic E-state index is -0.184. The van der Waals surface area contributed by atoms with Crippen molar-refractivity contribution in [3.05, 3.63) is 19.9 Å². The van der Waals surface area contributed by atoms with Crippen LogP contribution in [0.15, 0.2) is 11.4 Å². The first-order chi connectivity index (χ1) is 9.60. The van der Waals surface area contributed by atoms with Crippen molar-refractivity contribution in [2.45, 2.75) is 6.42 Å². The number of esters is 1. The van der Waals surface area contributed by atoms with Gasteiger partial charge >= 0.3 is 5.97 Å². The van der Waals surface area contributed by atoms with Crippen molar-refractivity contribution >= 4 is 45.8 Å². The molecule has 2 heterocycles. The van der Waals surface area contributed by atoms with Crippen LogP contribution in [0.25, 0.3) is 0 Å². The highest BCUT2D eigenvalue weighted by Crippen LogP contribution is 2.18. The lowest BCUT2D eigenvalue weighted by Gasteiger charge is -2.34. The van der Waals surface area contributed by atoms with Gasteiger partial charge in [0.15, 0.2) is 0 Å². The summed E-state index contributed by atoms with van der Waals surface area (Å²) < 4.78 is 5.76. The third kappa shape index (κ3) is 4.16. The number of thiophene rings is 1. The van der Waals surface area contributed by atoms with Gasteiger partial charge in [0.05, 0.1) is 22.0 Å². The van der Waals surface area contributed by atoms with E-state index in [2.05, 4.69) is 32.2 Å². The maximum Gasteiger partial charge on any atom is 0.306 e. The number of piperazine rings is 1. The molecule has 110 valence electrons. The number of carbonyl (C=O) groups excluding carboxylic acids is 2.